The highest BCUT2D eigenvalue weighted by atomic mass is 16.3. The molecular formula is C20H27N5O. The molecule has 0 bridgehead atoms. The quantitative estimate of drug-likeness (QED) is 0.637. The Balaban J connectivity index is 1.37. The molecule has 4 rings (SSSR count). The first kappa shape index (κ1) is 17.2. The molecule has 26 heavy (non-hydrogen) atoms. The number of hydrogen-bond acceptors (Lipinski definition) is 4. The van der Waals surface area contributed by atoms with E-state index in [9.17, 15) is 5.11 Å². The molecule has 1 unspecified atom stereocenters. The van der Waals surface area contributed by atoms with E-state index in [1.165, 1.54) is 5.56 Å². The first-order valence-corrected chi connectivity index (χ1v) is 9.43. The van der Waals surface area contributed by atoms with Gasteiger partial charge in [-0.25, -0.2) is 4.98 Å². The van der Waals surface area contributed by atoms with Gasteiger partial charge in [0.2, 0.25) is 0 Å². The molecule has 0 amide bonds. The molecular weight excluding hydrogens is 326 g/mol. The number of rotatable bonds is 6. The fraction of sp³-hybridized carbons (Fsp3) is 0.500. The largest absolute Gasteiger partial charge is 0.391 e. The number of aliphatic hydroxyl groups is 1. The summed E-state index contributed by atoms with van der Waals surface area (Å²) in [7, 11) is 0. The third kappa shape index (κ3) is 3.66. The van der Waals surface area contributed by atoms with Crippen molar-refractivity contribution in [3.63, 3.8) is 0 Å². The Bertz CT molecular complexity index is 854. The van der Waals surface area contributed by atoms with Gasteiger partial charge in [0.25, 0.3) is 0 Å². The maximum Gasteiger partial charge on any atom is 0.0945 e. The van der Waals surface area contributed by atoms with Crippen molar-refractivity contribution in [2.45, 2.75) is 57.8 Å². The van der Waals surface area contributed by atoms with Crippen LogP contribution in [-0.2, 0) is 13.1 Å². The second-order valence-electron chi connectivity index (χ2n) is 7.80. The summed E-state index contributed by atoms with van der Waals surface area (Å²) in [6.45, 7) is 5.99. The number of H-pyrrole nitrogens is 1. The van der Waals surface area contributed by atoms with Crippen LogP contribution in [0.5, 0.6) is 0 Å². The van der Waals surface area contributed by atoms with E-state index in [-0.39, 0.29) is 12.1 Å². The number of aliphatic hydroxyl groups excluding tert-OH is 1. The predicted molar refractivity (Wildman–Crippen MR) is 102 cm³/mol. The van der Waals surface area contributed by atoms with E-state index in [4.69, 9.17) is 0 Å². The van der Waals surface area contributed by atoms with Crippen LogP contribution in [0, 0.1) is 5.92 Å². The summed E-state index contributed by atoms with van der Waals surface area (Å²) in [4.78, 5) is 12.1. The molecule has 138 valence electrons. The van der Waals surface area contributed by atoms with Crippen LogP contribution in [0.1, 0.15) is 43.9 Å². The molecule has 0 aromatic carbocycles. The number of aromatic amines is 1. The molecule has 1 saturated carbocycles. The van der Waals surface area contributed by atoms with Crippen LogP contribution in [0.15, 0.2) is 37.1 Å². The van der Waals surface area contributed by atoms with Crippen LogP contribution in [0.25, 0.3) is 11.0 Å². The minimum absolute atomic E-state index is 0.133. The zero-order valence-electron chi connectivity index (χ0n) is 15.4. The number of aromatic nitrogens is 4. The maximum absolute atomic E-state index is 10.4. The molecule has 3 N–H and O–H groups in total. The van der Waals surface area contributed by atoms with Crippen LogP contribution >= 0.6 is 0 Å². The summed E-state index contributed by atoms with van der Waals surface area (Å²) in [5, 5.41) is 13.9. The third-order valence-electron chi connectivity index (χ3n) is 5.42. The van der Waals surface area contributed by atoms with E-state index in [1.807, 2.05) is 18.7 Å². The molecule has 0 spiro atoms. The Hall–Kier alpha value is -2.18. The van der Waals surface area contributed by atoms with Gasteiger partial charge >= 0.3 is 0 Å². The second kappa shape index (κ2) is 7.21. The van der Waals surface area contributed by atoms with E-state index in [0.29, 0.717) is 18.4 Å². The second-order valence-corrected chi connectivity index (χ2v) is 7.80. The van der Waals surface area contributed by atoms with Crippen molar-refractivity contribution in [3.8, 4) is 0 Å². The molecule has 1 aliphatic rings. The number of fused-ring (bicyclic) bond motifs is 1. The van der Waals surface area contributed by atoms with Gasteiger partial charge in [0.05, 0.1) is 23.5 Å². The fourth-order valence-corrected chi connectivity index (χ4v) is 3.91. The van der Waals surface area contributed by atoms with Crippen molar-refractivity contribution < 1.29 is 5.11 Å². The van der Waals surface area contributed by atoms with Crippen molar-refractivity contribution in [2.75, 3.05) is 0 Å². The highest BCUT2D eigenvalue weighted by Gasteiger charge is 2.32. The van der Waals surface area contributed by atoms with Crippen molar-refractivity contribution in [3.05, 3.63) is 48.3 Å². The predicted octanol–water partition coefficient (Wildman–Crippen LogP) is 2.81. The minimum atomic E-state index is -0.293. The average molecular weight is 353 g/mol. The summed E-state index contributed by atoms with van der Waals surface area (Å²) in [5.74, 6) is 0.951. The average Bonchev–Trinajstić information content (AvgIpc) is 3.32. The lowest BCUT2D eigenvalue weighted by Crippen LogP contribution is -2.35. The number of imidazole rings is 1. The molecule has 3 aromatic rings. The monoisotopic (exact) mass is 353 g/mol. The summed E-state index contributed by atoms with van der Waals surface area (Å²) >= 11 is 0. The molecule has 1 aliphatic carbocycles. The van der Waals surface area contributed by atoms with Crippen molar-refractivity contribution in [2.24, 2.45) is 5.92 Å². The van der Waals surface area contributed by atoms with E-state index >= 15 is 0 Å². The maximum atomic E-state index is 10.4. The first-order valence-electron chi connectivity index (χ1n) is 9.43. The number of nitrogens with zero attached hydrogens (tertiary/aromatic N) is 3. The lowest BCUT2D eigenvalue weighted by molar-refractivity contribution is 0.145. The Morgan fingerprint density at radius 2 is 2.23 bits per heavy atom. The summed E-state index contributed by atoms with van der Waals surface area (Å²) in [6, 6.07) is 4.41. The molecule has 0 aliphatic heterocycles. The van der Waals surface area contributed by atoms with Gasteiger partial charge in [0.15, 0.2) is 0 Å². The van der Waals surface area contributed by atoms with Gasteiger partial charge in [0, 0.05) is 43.4 Å². The zero-order chi connectivity index (χ0) is 18.1. The minimum Gasteiger partial charge on any atom is -0.391 e. The first-order chi connectivity index (χ1) is 12.6. The van der Waals surface area contributed by atoms with Crippen molar-refractivity contribution in [1.82, 2.24) is 24.8 Å². The van der Waals surface area contributed by atoms with Crippen molar-refractivity contribution in [1.29, 1.82) is 0 Å². The molecule has 3 atom stereocenters. The Kier molecular flexibility index (Phi) is 4.78. The lowest BCUT2D eigenvalue weighted by Gasteiger charge is -2.15. The van der Waals surface area contributed by atoms with E-state index in [0.717, 1.165) is 36.1 Å². The summed E-state index contributed by atoms with van der Waals surface area (Å²) in [5.41, 5.74) is 4.43. The van der Waals surface area contributed by atoms with Gasteiger partial charge in [-0.1, -0.05) is 13.8 Å². The number of pyridine rings is 1. The summed E-state index contributed by atoms with van der Waals surface area (Å²) in [6.07, 6.45) is 9.11. The van der Waals surface area contributed by atoms with Crippen LogP contribution < -0.4 is 5.32 Å². The van der Waals surface area contributed by atoms with Crippen molar-refractivity contribution >= 4 is 11.0 Å². The Labute approximate surface area is 153 Å². The molecule has 0 saturated heterocycles. The van der Waals surface area contributed by atoms with Gasteiger partial charge in [0.1, 0.15) is 0 Å². The van der Waals surface area contributed by atoms with Gasteiger partial charge < -0.3 is 20.0 Å². The van der Waals surface area contributed by atoms with Crippen LogP contribution in [0.3, 0.4) is 0 Å². The molecule has 3 heterocycles. The smallest absolute Gasteiger partial charge is 0.0945 e. The third-order valence-corrected chi connectivity index (χ3v) is 5.42. The normalized spacial score (nSPS) is 23.3. The Morgan fingerprint density at radius 3 is 3.00 bits per heavy atom. The van der Waals surface area contributed by atoms with Gasteiger partial charge in [-0.05, 0) is 42.4 Å². The SMILES string of the molecule is CC(C)c1cnc2cc(CN[C@@H]3CC(Cn4ccnc4)C[C@H]3O)[nH]c2c1. The molecule has 6 heteroatoms. The van der Waals surface area contributed by atoms with Crippen LogP contribution in [0.2, 0.25) is 0 Å². The van der Waals surface area contributed by atoms with Crippen LogP contribution in [-0.4, -0.2) is 36.8 Å². The number of hydrogen-bond donors (Lipinski definition) is 3. The molecule has 3 aromatic heterocycles. The summed E-state index contributed by atoms with van der Waals surface area (Å²) < 4.78 is 2.09. The lowest BCUT2D eigenvalue weighted by atomic mass is 10.1. The van der Waals surface area contributed by atoms with Crippen LogP contribution in [0.4, 0.5) is 0 Å². The highest BCUT2D eigenvalue weighted by molar-refractivity contribution is 5.76. The number of nitrogens with one attached hydrogen (secondary N) is 2. The Morgan fingerprint density at radius 1 is 1.35 bits per heavy atom. The molecule has 1 fully saturated rings. The van der Waals surface area contributed by atoms with E-state index in [2.05, 4.69) is 50.8 Å². The van der Waals surface area contributed by atoms with Gasteiger partial charge in [-0.15, -0.1) is 0 Å². The standard InChI is InChI=1S/C20H27N5O/c1-13(2)15-7-18-17(22-9-15)8-16(24-18)10-23-19-5-14(6-20(19)26)11-25-4-3-21-12-25/h3-4,7-9,12-14,19-20,23-24,26H,5-6,10-11H2,1-2H3/t14?,19-,20-/m1/s1. The van der Waals surface area contributed by atoms with Gasteiger partial charge in [-0.2, -0.15) is 0 Å². The highest BCUT2D eigenvalue weighted by Crippen LogP contribution is 2.28. The zero-order valence-corrected chi connectivity index (χ0v) is 15.4. The fourth-order valence-electron chi connectivity index (χ4n) is 3.91. The van der Waals surface area contributed by atoms with E-state index in [1.54, 1.807) is 6.20 Å². The topological polar surface area (TPSA) is 78.8 Å². The van der Waals surface area contributed by atoms with Gasteiger partial charge in [-0.3, -0.25) is 4.98 Å². The molecule has 6 nitrogen and oxygen atoms in total. The van der Waals surface area contributed by atoms with E-state index < -0.39 is 0 Å². The molecule has 0 radical (unpaired) electrons.